The molecule has 1 N–H and O–H groups in total. The molecule has 2 heterocycles. The number of rotatable bonds is 4. The number of nitrogens with zero attached hydrogens (tertiary/aromatic N) is 3. The quantitative estimate of drug-likeness (QED) is 0.854. The minimum absolute atomic E-state index is 0. The van der Waals surface area contributed by atoms with Gasteiger partial charge in [-0.3, -0.25) is 14.5 Å². The number of piperazine rings is 1. The normalized spacial score (nSPS) is 17.0. The molecule has 1 fully saturated rings. The summed E-state index contributed by atoms with van der Waals surface area (Å²) in [4.78, 5) is 30.5. The standard InChI is InChI=1S/C18H26N4O2.ClH/c1-20(13-17(23)21-11-8-19-9-12-21)14-18(24)22-10-4-6-15-5-2-3-7-16(15)22;/h2-3,5,7,19H,4,6,8-14H2,1H3;1H. The van der Waals surface area contributed by atoms with E-state index in [9.17, 15) is 9.59 Å². The minimum Gasteiger partial charge on any atom is -0.339 e. The van der Waals surface area contributed by atoms with Gasteiger partial charge in [-0.2, -0.15) is 0 Å². The first kappa shape index (κ1) is 19.7. The minimum atomic E-state index is 0. The highest BCUT2D eigenvalue weighted by molar-refractivity contribution is 5.96. The van der Waals surface area contributed by atoms with Crippen molar-refractivity contribution < 1.29 is 9.59 Å². The SMILES string of the molecule is CN(CC(=O)N1CCNCC1)CC(=O)N1CCCc2ccccc21.Cl. The first-order valence-corrected chi connectivity index (χ1v) is 8.70. The van der Waals surface area contributed by atoms with E-state index in [-0.39, 0.29) is 30.8 Å². The highest BCUT2D eigenvalue weighted by atomic mass is 35.5. The molecule has 0 spiro atoms. The van der Waals surface area contributed by atoms with Crippen molar-refractivity contribution in [1.29, 1.82) is 0 Å². The lowest BCUT2D eigenvalue weighted by Crippen LogP contribution is -2.50. The summed E-state index contributed by atoms with van der Waals surface area (Å²) in [6, 6.07) is 8.10. The molecule has 2 amide bonds. The highest BCUT2D eigenvalue weighted by Gasteiger charge is 2.24. The van der Waals surface area contributed by atoms with Gasteiger partial charge in [-0.05, 0) is 31.5 Å². The van der Waals surface area contributed by atoms with E-state index in [1.807, 2.05) is 39.9 Å². The lowest BCUT2D eigenvalue weighted by Gasteiger charge is -2.32. The van der Waals surface area contributed by atoms with Crippen LogP contribution in [0.4, 0.5) is 5.69 Å². The van der Waals surface area contributed by atoms with Crippen molar-refractivity contribution in [1.82, 2.24) is 15.1 Å². The molecule has 7 heteroatoms. The summed E-state index contributed by atoms with van der Waals surface area (Å²) in [5, 5.41) is 3.24. The van der Waals surface area contributed by atoms with E-state index in [1.54, 1.807) is 0 Å². The molecule has 2 aliphatic rings. The molecule has 25 heavy (non-hydrogen) atoms. The first-order valence-electron chi connectivity index (χ1n) is 8.70. The number of halogens is 1. The lowest BCUT2D eigenvalue weighted by atomic mass is 10.0. The predicted molar refractivity (Wildman–Crippen MR) is 101 cm³/mol. The Bertz CT molecular complexity index is 604. The second-order valence-corrected chi connectivity index (χ2v) is 6.58. The number of benzene rings is 1. The number of hydrogen-bond donors (Lipinski definition) is 1. The van der Waals surface area contributed by atoms with Crippen LogP contribution in [-0.4, -0.2) is 74.5 Å². The van der Waals surface area contributed by atoms with Crippen molar-refractivity contribution in [2.24, 2.45) is 0 Å². The number of anilines is 1. The number of aryl methyl sites for hydroxylation is 1. The number of likely N-dealkylation sites (N-methyl/N-ethyl adjacent to an activating group) is 1. The van der Waals surface area contributed by atoms with Crippen LogP contribution >= 0.6 is 12.4 Å². The van der Waals surface area contributed by atoms with Crippen LogP contribution < -0.4 is 10.2 Å². The van der Waals surface area contributed by atoms with E-state index < -0.39 is 0 Å². The number of hydrogen-bond acceptors (Lipinski definition) is 4. The van der Waals surface area contributed by atoms with Crippen molar-refractivity contribution in [2.75, 3.05) is 57.8 Å². The average molecular weight is 367 g/mol. The van der Waals surface area contributed by atoms with Crippen molar-refractivity contribution >= 4 is 29.9 Å². The maximum absolute atomic E-state index is 12.7. The summed E-state index contributed by atoms with van der Waals surface area (Å²) in [6.07, 6.45) is 2.02. The highest BCUT2D eigenvalue weighted by Crippen LogP contribution is 2.26. The average Bonchev–Trinajstić information content (AvgIpc) is 2.61. The predicted octanol–water partition coefficient (Wildman–Crippen LogP) is 0.751. The van der Waals surface area contributed by atoms with E-state index in [2.05, 4.69) is 11.4 Å². The second-order valence-electron chi connectivity index (χ2n) is 6.58. The monoisotopic (exact) mass is 366 g/mol. The molecule has 0 saturated carbocycles. The molecule has 0 radical (unpaired) electrons. The molecule has 0 unspecified atom stereocenters. The third-order valence-electron chi connectivity index (χ3n) is 4.69. The Morgan fingerprint density at radius 2 is 1.76 bits per heavy atom. The topological polar surface area (TPSA) is 55.9 Å². The Hall–Kier alpha value is -1.63. The van der Waals surface area contributed by atoms with E-state index >= 15 is 0 Å². The van der Waals surface area contributed by atoms with Gasteiger partial charge in [0.1, 0.15) is 0 Å². The van der Waals surface area contributed by atoms with Gasteiger partial charge in [0.25, 0.3) is 0 Å². The molecule has 0 aromatic heterocycles. The molecular formula is C18H27ClN4O2. The van der Waals surface area contributed by atoms with Gasteiger partial charge in [-0.15, -0.1) is 12.4 Å². The fourth-order valence-corrected chi connectivity index (χ4v) is 3.41. The van der Waals surface area contributed by atoms with Crippen LogP contribution in [0.2, 0.25) is 0 Å². The van der Waals surface area contributed by atoms with Crippen LogP contribution in [0, 0.1) is 0 Å². The number of nitrogens with one attached hydrogen (secondary N) is 1. The summed E-state index contributed by atoms with van der Waals surface area (Å²) >= 11 is 0. The van der Waals surface area contributed by atoms with Gasteiger partial charge in [-0.25, -0.2) is 0 Å². The number of carbonyl (C=O) groups excluding carboxylic acids is 2. The molecule has 138 valence electrons. The van der Waals surface area contributed by atoms with E-state index in [4.69, 9.17) is 0 Å². The molecule has 1 aromatic rings. The lowest BCUT2D eigenvalue weighted by molar-refractivity contribution is -0.133. The van der Waals surface area contributed by atoms with Crippen LogP contribution in [0.3, 0.4) is 0 Å². The molecule has 2 aliphatic heterocycles. The zero-order valence-electron chi connectivity index (χ0n) is 14.7. The maximum atomic E-state index is 12.7. The molecular weight excluding hydrogens is 340 g/mol. The van der Waals surface area contributed by atoms with Crippen molar-refractivity contribution in [3.05, 3.63) is 29.8 Å². The van der Waals surface area contributed by atoms with Crippen LogP contribution in [0.5, 0.6) is 0 Å². The second kappa shape index (κ2) is 9.17. The Balaban J connectivity index is 0.00000225. The van der Waals surface area contributed by atoms with Gasteiger partial charge in [0.2, 0.25) is 11.8 Å². The number of para-hydroxylation sites is 1. The van der Waals surface area contributed by atoms with Crippen molar-refractivity contribution in [3.8, 4) is 0 Å². The van der Waals surface area contributed by atoms with Crippen LogP contribution in [-0.2, 0) is 16.0 Å². The van der Waals surface area contributed by atoms with Crippen LogP contribution in [0.15, 0.2) is 24.3 Å². The van der Waals surface area contributed by atoms with Crippen LogP contribution in [0.25, 0.3) is 0 Å². The fourth-order valence-electron chi connectivity index (χ4n) is 3.41. The fraction of sp³-hybridized carbons (Fsp3) is 0.556. The summed E-state index contributed by atoms with van der Waals surface area (Å²) in [6.45, 7) is 4.51. The zero-order chi connectivity index (χ0) is 16.9. The van der Waals surface area contributed by atoms with E-state index in [0.29, 0.717) is 6.54 Å². The van der Waals surface area contributed by atoms with Gasteiger partial charge < -0.3 is 15.1 Å². The summed E-state index contributed by atoms with van der Waals surface area (Å²) < 4.78 is 0. The number of fused-ring (bicyclic) bond motifs is 1. The maximum Gasteiger partial charge on any atom is 0.241 e. The van der Waals surface area contributed by atoms with Gasteiger partial charge in [-0.1, -0.05) is 18.2 Å². The zero-order valence-corrected chi connectivity index (χ0v) is 15.6. The van der Waals surface area contributed by atoms with Gasteiger partial charge in [0, 0.05) is 38.4 Å². The van der Waals surface area contributed by atoms with E-state index in [1.165, 1.54) is 5.56 Å². The third-order valence-corrected chi connectivity index (χ3v) is 4.69. The van der Waals surface area contributed by atoms with E-state index in [0.717, 1.165) is 51.3 Å². The molecule has 1 saturated heterocycles. The van der Waals surface area contributed by atoms with Gasteiger partial charge in [0.05, 0.1) is 13.1 Å². The Morgan fingerprint density at radius 3 is 2.52 bits per heavy atom. The Labute approximate surface area is 155 Å². The molecule has 1 aromatic carbocycles. The smallest absolute Gasteiger partial charge is 0.241 e. The molecule has 0 aliphatic carbocycles. The molecule has 0 atom stereocenters. The largest absolute Gasteiger partial charge is 0.339 e. The summed E-state index contributed by atoms with van der Waals surface area (Å²) in [5.74, 6) is 0.170. The number of amides is 2. The summed E-state index contributed by atoms with van der Waals surface area (Å²) in [5.41, 5.74) is 2.26. The Morgan fingerprint density at radius 1 is 1.08 bits per heavy atom. The molecule has 3 rings (SSSR count). The third kappa shape index (κ3) is 4.93. The first-order chi connectivity index (χ1) is 11.6. The summed E-state index contributed by atoms with van der Waals surface area (Å²) in [7, 11) is 1.84. The Kier molecular flexibility index (Phi) is 7.23. The number of carbonyl (C=O) groups is 2. The molecule has 6 nitrogen and oxygen atoms in total. The van der Waals surface area contributed by atoms with Crippen molar-refractivity contribution in [2.45, 2.75) is 12.8 Å². The van der Waals surface area contributed by atoms with Gasteiger partial charge >= 0.3 is 0 Å². The van der Waals surface area contributed by atoms with Gasteiger partial charge in [0.15, 0.2) is 0 Å². The van der Waals surface area contributed by atoms with Crippen molar-refractivity contribution in [3.63, 3.8) is 0 Å². The molecule has 0 bridgehead atoms. The van der Waals surface area contributed by atoms with Crippen LogP contribution in [0.1, 0.15) is 12.0 Å².